The van der Waals surface area contributed by atoms with Crippen LogP contribution in [0.25, 0.3) is 0 Å². The largest absolute Gasteiger partial charge is 0.872 e. The van der Waals surface area contributed by atoms with Gasteiger partial charge in [0.2, 0.25) is 0 Å². The third-order valence-electron chi connectivity index (χ3n) is 4.99. The quantitative estimate of drug-likeness (QED) is 0.521. The van der Waals surface area contributed by atoms with Crippen LogP contribution in [0.4, 0.5) is 0 Å². The fourth-order valence-corrected chi connectivity index (χ4v) is 4.09. The maximum atomic E-state index is 10.9. The SMILES string of the molecule is C1CCC([NH+]2CC[NH2+]CC2)CC1.O=C(O)c1cc(S(=O)(=O)[O-])ccc1[O-]. The summed E-state index contributed by atoms with van der Waals surface area (Å²) in [5.74, 6) is -2.41. The standard InChI is InChI=1S/C10H20N2.C7H6O6S/c1-2-4-10(5-3-1)12-8-6-11-7-9-12;8-6-2-1-4(14(11,12)13)3-5(6)7(9)10/h10-11H,1-9H2;1-3,8H,(H,9,10)(H,11,12,13). The molecule has 0 amide bonds. The Morgan fingerprint density at radius 3 is 2.31 bits per heavy atom. The number of carboxylic acid groups (broad SMARTS) is 1. The molecule has 3 rings (SSSR count). The van der Waals surface area contributed by atoms with Gasteiger partial charge in [0.15, 0.2) is 0 Å². The van der Waals surface area contributed by atoms with Gasteiger partial charge in [-0.1, -0.05) is 18.2 Å². The molecule has 1 aromatic carbocycles. The van der Waals surface area contributed by atoms with Crippen molar-refractivity contribution in [2.24, 2.45) is 0 Å². The molecule has 0 atom stereocenters. The van der Waals surface area contributed by atoms with E-state index in [2.05, 4.69) is 5.32 Å². The number of nitrogens with two attached hydrogens (primary N) is 1. The Kier molecular flexibility index (Phi) is 7.39. The number of rotatable bonds is 3. The number of carboxylic acids is 1. The van der Waals surface area contributed by atoms with E-state index < -0.39 is 32.3 Å². The predicted molar refractivity (Wildman–Crippen MR) is 90.0 cm³/mol. The lowest BCUT2D eigenvalue weighted by Gasteiger charge is -2.32. The van der Waals surface area contributed by atoms with Crippen molar-refractivity contribution in [1.29, 1.82) is 0 Å². The molecule has 1 heterocycles. The molecule has 8 nitrogen and oxygen atoms in total. The summed E-state index contributed by atoms with van der Waals surface area (Å²) < 4.78 is 31.4. The van der Waals surface area contributed by atoms with Gasteiger partial charge in [-0.2, -0.15) is 0 Å². The fraction of sp³-hybridized carbons (Fsp3) is 0.588. The summed E-state index contributed by atoms with van der Waals surface area (Å²) in [5.41, 5.74) is -0.734. The molecule has 146 valence electrons. The monoisotopic (exact) mass is 386 g/mol. The molecule has 0 unspecified atom stereocenters. The van der Waals surface area contributed by atoms with Crippen molar-refractivity contribution >= 4 is 16.1 Å². The Hall–Kier alpha value is -1.68. The van der Waals surface area contributed by atoms with E-state index >= 15 is 0 Å². The molecule has 0 spiro atoms. The first-order valence-electron chi connectivity index (χ1n) is 8.95. The number of hydrogen-bond acceptors (Lipinski definition) is 5. The van der Waals surface area contributed by atoms with E-state index in [0.29, 0.717) is 6.07 Å². The second-order valence-corrected chi connectivity index (χ2v) is 8.16. The summed E-state index contributed by atoms with van der Waals surface area (Å²) in [6.07, 6.45) is 7.51. The highest BCUT2D eigenvalue weighted by Gasteiger charge is 2.26. The van der Waals surface area contributed by atoms with Crippen molar-refractivity contribution in [2.45, 2.75) is 43.0 Å². The molecule has 1 aliphatic carbocycles. The lowest BCUT2D eigenvalue weighted by molar-refractivity contribution is -0.968. The number of nitrogens with one attached hydrogen (secondary N) is 1. The van der Waals surface area contributed by atoms with E-state index in [1.54, 1.807) is 0 Å². The van der Waals surface area contributed by atoms with Gasteiger partial charge in [-0.15, -0.1) is 0 Å². The minimum absolute atomic E-state index is 0.549. The lowest BCUT2D eigenvalue weighted by Crippen LogP contribution is -3.23. The number of piperazine rings is 1. The van der Waals surface area contributed by atoms with Crippen molar-refractivity contribution < 1.29 is 38.2 Å². The van der Waals surface area contributed by atoms with Crippen LogP contribution in [0.1, 0.15) is 42.5 Å². The zero-order chi connectivity index (χ0) is 19.2. The van der Waals surface area contributed by atoms with Gasteiger partial charge in [0, 0.05) is 0 Å². The molecule has 0 radical (unpaired) electrons. The Morgan fingerprint density at radius 1 is 1.15 bits per heavy atom. The Morgan fingerprint density at radius 2 is 1.77 bits per heavy atom. The first kappa shape index (κ1) is 20.6. The van der Waals surface area contributed by atoms with Gasteiger partial charge in [-0.25, -0.2) is 13.2 Å². The van der Waals surface area contributed by atoms with Crippen LogP contribution in [0, 0.1) is 0 Å². The molecule has 1 aliphatic heterocycles. The second-order valence-electron chi connectivity index (χ2n) is 6.78. The number of benzene rings is 1. The molecular weight excluding hydrogens is 360 g/mol. The van der Waals surface area contributed by atoms with E-state index in [4.69, 9.17) is 5.11 Å². The van der Waals surface area contributed by atoms with Crippen LogP contribution in [0.3, 0.4) is 0 Å². The molecule has 1 aromatic rings. The van der Waals surface area contributed by atoms with Crippen molar-refractivity contribution in [3.8, 4) is 5.75 Å². The zero-order valence-electron chi connectivity index (χ0n) is 14.6. The third-order valence-corrected chi connectivity index (χ3v) is 5.82. The van der Waals surface area contributed by atoms with Gasteiger partial charge in [-0.3, -0.25) is 0 Å². The smallest absolute Gasteiger partial charge is 0.335 e. The van der Waals surface area contributed by atoms with Crippen LogP contribution in [-0.4, -0.2) is 56.3 Å². The average Bonchev–Trinajstić information content (AvgIpc) is 2.63. The van der Waals surface area contributed by atoms with Gasteiger partial charge in [-0.05, 0) is 37.8 Å². The van der Waals surface area contributed by atoms with Gasteiger partial charge in [0.05, 0.1) is 16.5 Å². The van der Waals surface area contributed by atoms with Crippen molar-refractivity contribution in [2.75, 3.05) is 26.2 Å². The summed E-state index contributed by atoms with van der Waals surface area (Å²) in [7, 11) is -4.73. The molecule has 2 fully saturated rings. The van der Waals surface area contributed by atoms with E-state index in [1.807, 2.05) is 4.90 Å². The summed E-state index contributed by atoms with van der Waals surface area (Å²) >= 11 is 0. The van der Waals surface area contributed by atoms with Gasteiger partial charge >= 0.3 is 5.97 Å². The summed E-state index contributed by atoms with van der Waals surface area (Å²) in [4.78, 5) is 11.6. The normalized spacial score (nSPS) is 19.4. The average molecular weight is 386 g/mol. The molecular formula is C17H26N2O6S. The van der Waals surface area contributed by atoms with Crippen LogP contribution in [-0.2, 0) is 10.1 Å². The van der Waals surface area contributed by atoms with Crippen LogP contribution in [0.15, 0.2) is 23.1 Å². The lowest BCUT2D eigenvalue weighted by atomic mass is 9.94. The zero-order valence-corrected chi connectivity index (χ0v) is 15.5. The second kappa shape index (κ2) is 9.31. The highest BCUT2D eigenvalue weighted by molar-refractivity contribution is 7.85. The van der Waals surface area contributed by atoms with Crippen LogP contribution < -0.4 is 15.3 Å². The summed E-state index contributed by atoms with van der Waals surface area (Å²) in [6, 6.07) is 3.09. The summed E-state index contributed by atoms with van der Waals surface area (Å²) in [5, 5.41) is 21.8. The minimum atomic E-state index is -4.73. The third kappa shape index (κ3) is 5.94. The summed E-state index contributed by atoms with van der Waals surface area (Å²) in [6.45, 7) is 5.58. The number of carbonyl (C=O) groups is 1. The van der Waals surface area contributed by atoms with Crippen LogP contribution in [0.5, 0.6) is 5.75 Å². The first-order valence-corrected chi connectivity index (χ1v) is 10.4. The highest BCUT2D eigenvalue weighted by atomic mass is 32.2. The van der Waals surface area contributed by atoms with Crippen LogP contribution in [0.2, 0.25) is 0 Å². The Bertz CT molecular complexity index is 694. The minimum Gasteiger partial charge on any atom is -0.872 e. The Labute approximate surface area is 153 Å². The molecule has 9 heteroatoms. The maximum absolute atomic E-state index is 10.9. The molecule has 4 N–H and O–H groups in total. The number of hydrogen-bond donors (Lipinski definition) is 3. The molecule has 26 heavy (non-hydrogen) atoms. The van der Waals surface area contributed by atoms with E-state index in [1.165, 1.54) is 58.3 Å². The first-order chi connectivity index (χ1) is 12.3. The molecule has 2 aliphatic rings. The highest BCUT2D eigenvalue weighted by Crippen LogP contribution is 2.18. The van der Waals surface area contributed by atoms with Gasteiger partial charge in [0.1, 0.15) is 36.3 Å². The van der Waals surface area contributed by atoms with Gasteiger partial charge in [0.25, 0.3) is 0 Å². The van der Waals surface area contributed by atoms with E-state index in [0.717, 1.165) is 18.2 Å². The Balaban J connectivity index is 0.000000189. The molecule has 1 saturated heterocycles. The number of quaternary nitrogens is 2. The van der Waals surface area contributed by atoms with Crippen molar-refractivity contribution in [1.82, 2.24) is 0 Å². The van der Waals surface area contributed by atoms with Crippen molar-refractivity contribution in [3.63, 3.8) is 0 Å². The van der Waals surface area contributed by atoms with E-state index in [9.17, 15) is 22.9 Å². The fourth-order valence-electron chi connectivity index (χ4n) is 3.60. The molecule has 1 saturated carbocycles. The van der Waals surface area contributed by atoms with Crippen LogP contribution >= 0.6 is 0 Å². The predicted octanol–water partition coefficient (Wildman–Crippen LogP) is -1.86. The topological polar surface area (TPSA) is 139 Å². The molecule has 0 bridgehead atoms. The van der Waals surface area contributed by atoms with Gasteiger partial charge < -0.3 is 25.0 Å². The molecule has 0 aromatic heterocycles. The van der Waals surface area contributed by atoms with E-state index in [-0.39, 0.29) is 0 Å². The maximum Gasteiger partial charge on any atom is 0.335 e. The van der Waals surface area contributed by atoms with Crippen molar-refractivity contribution in [3.05, 3.63) is 23.8 Å². The number of aromatic carboxylic acids is 1.